The van der Waals surface area contributed by atoms with E-state index in [-0.39, 0.29) is 7.43 Å². The number of fused-ring (bicyclic) bond motifs is 1. The Labute approximate surface area is 134 Å². The van der Waals surface area contributed by atoms with E-state index in [4.69, 9.17) is 4.74 Å². The van der Waals surface area contributed by atoms with Crippen LogP contribution < -0.4 is 4.74 Å². The van der Waals surface area contributed by atoms with Gasteiger partial charge in [-0.2, -0.15) is 0 Å². The van der Waals surface area contributed by atoms with Gasteiger partial charge in [0.2, 0.25) is 0 Å². The van der Waals surface area contributed by atoms with Crippen LogP contribution in [0.1, 0.15) is 50.7 Å². The first kappa shape index (κ1) is 16.7. The van der Waals surface area contributed by atoms with E-state index in [0.29, 0.717) is 0 Å². The molecule has 3 rings (SSSR count). The molecule has 0 saturated carbocycles. The first-order chi connectivity index (χ1) is 9.72. The molecule has 2 unspecified atom stereocenters. The maximum absolute atomic E-state index is 5.53. The molecular formula is C18H29NOS. The van der Waals surface area contributed by atoms with Gasteiger partial charge in [-0.15, -0.1) is 11.8 Å². The van der Waals surface area contributed by atoms with Gasteiger partial charge in [0.25, 0.3) is 0 Å². The number of ether oxygens (including phenoxy) is 1. The molecule has 0 aromatic heterocycles. The average molecular weight is 308 g/mol. The summed E-state index contributed by atoms with van der Waals surface area (Å²) < 4.78 is 5.53. The van der Waals surface area contributed by atoms with Crippen molar-refractivity contribution in [2.24, 2.45) is 0 Å². The Bertz CT molecular complexity index is 488. The summed E-state index contributed by atoms with van der Waals surface area (Å²) in [7, 11) is 4.07. The van der Waals surface area contributed by atoms with Gasteiger partial charge in [-0.25, -0.2) is 0 Å². The third kappa shape index (κ3) is 3.24. The fourth-order valence-corrected chi connectivity index (χ4v) is 4.90. The van der Waals surface area contributed by atoms with Crippen molar-refractivity contribution >= 4 is 11.8 Å². The summed E-state index contributed by atoms with van der Waals surface area (Å²) in [6, 6.07) is 5.46. The SMILES string of the molecule is C.CCc1cc2c(cc1OC)SCC2CC1CCCN1C. The van der Waals surface area contributed by atoms with Gasteiger partial charge in [0.15, 0.2) is 0 Å². The fourth-order valence-electron chi connectivity index (χ4n) is 3.62. The van der Waals surface area contributed by atoms with Crippen LogP contribution in [0.5, 0.6) is 5.75 Å². The number of hydrogen-bond donors (Lipinski definition) is 0. The van der Waals surface area contributed by atoms with Crippen molar-refractivity contribution in [3.8, 4) is 5.75 Å². The maximum Gasteiger partial charge on any atom is 0.123 e. The van der Waals surface area contributed by atoms with Crippen LogP contribution in [0.15, 0.2) is 17.0 Å². The predicted octanol–water partition coefficient (Wildman–Crippen LogP) is 4.57. The summed E-state index contributed by atoms with van der Waals surface area (Å²) in [4.78, 5) is 4.00. The summed E-state index contributed by atoms with van der Waals surface area (Å²) >= 11 is 2.01. The quantitative estimate of drug-likeness (QED) is 0.808. The average Bonchev–Trinajstić information content (AvgIpc) is 3.05. The third-order valence-corrected chi connectivity index (χ3v) is 6.14. The van der Waals surface area contributed by atoms with E-state index in [0.717, 1.165) is 24.1 Å². The van der Waals surface area contributed by atoms with Gasteiger partial charge in [0, 0.05) is 16.7 Å². The van der Waals surface area contributed by atoms with Crippen molar-refractivity contribution in [2.75, 3.05) is 26.5 Å². The Morgan fingerprint density at radius 2 is 2.19 bits per heavy atom. The van der Waals surface area contributed by atoms with E-state index in [9.17, 15) is 0 Å². The normalized spacial score (nSPS) is 24.7. The van der Waals surface area contributed by atoms with Crippen molar-refractivity contribution < 1.29 is 4.74 Å². The van der Waals surface area contributed by atoms with Crippen LogP contribution in [0, 0.1) is 0 Å². The van der Waals surface area contributed by atoms with Crippen molar-refractivity contribution in [2.45, 2.75) is 56.9 Å². The second-order valence-electron chi connectivity index (χ2n) is 6.08. The number of nitrogens with zero attached hydrogens (tertiary/aromatic N) is 1. The molecule has 2 atom stereocenters. The minimum atomic E-state index is 0. The van der Waals surface area contributed by atoms with Gasteiger partial charge < -0.3 is 9.64 Å². The summed E-state index contributed by atoms with van der Waals surface area (Å²) in [5, 5.41) is 0. The highest BCUT2D eigenvalue weighted by molar-refractivity contribution is 7.99. The lowest BCUT2D eigenvalue weighted by Crippen LogP contribution is -2.26. The number of aryl methyl sites for hydroxylation is 1. The minimum absolute atomic E-state index is 0. The van der Waals surface area contributed by atoms with E-state index in [1.807, 2.05) is 11.8 Å². The molecule has 0 radical (unpaired) electrons. The first-order valence-electron chi connectivity index (χ1n) is 7.76. The van der Waals surface area contributed by atoms with Crippen molar-refractivity contribution in [1.82, 2.24) is 4.90 Å². The smallest absolute Gasteiger partial charge is 0.123 e. The molecule has 0 amide bonds. The topological polar surface area (TPSA) is 12.5 Å². The van der Waals surface area contributed by atoms with Gasteiger partial charge in [-0.1, -0.05) is 20.4 Å². The zero-order chi connectivity index (χ0) is 14.1. The molecule has 21 heavy (non-hydrogen) atoms. The van der Waals surface area contributed by atoms with Gasteiger partial charge in [0.05, 0.1) is 7.11 Å². The highest BCUT2D eigenvalue weighted by atomic mass is 32.2. The first-order valence-corrected chi connectivity index (χ1v) is 8.75. The van der Waals surface area contributed by atoms with E-state index >= 15 is 0 Å². The minimum Gasteiger partial charge on any atom is -0.496 e. The lowest BCUT2D eigenvalue weighted by Gasteiger charge is -2.23. The number of methoxy groups -OCH3 is 1. The van der Waals surface area contributed by atoms with Crippen molar-refractivity contribution in [3.05, 3.63) is 23.3 Å². The van der Waals surface area contributed by atoms with Crippen LogP contribution in [-0.4, -0.2) is 37.4 Å². The Morgan fingerprint density at radius 1 is 1.38 bits per heavy atom. The molecule has 3 heteroatoms. The van der Waals surface area contributed by atoms with Gasteiger partial charge in [0.1, 0.15) is 5.75 Å². The molecule has 2 aliphatic rings. The van der Waals surface area contributed by atoms with Gasteiger partial charge in [-0.05, 0) is 62.4 Å². The third-order valence-electron chi connectivity index (χ3n) is 4.90. The molecule has 1 saturated heterocycles. The summed E-state index contributed by atoms with van der Waals surface area (Å²) in [6.45, 7) is 3.49. The van der Waals surface area contributed by atoms with Crippen LogP contribution in [0.4, 0.5) is 0 Å². The summed E-state index contributed by atoms with van der Waals surface area (Å²) in [5.41, 5.74) is 2.94. The Morgan fingerprint density at radius 3 is 2.81 bits per heavy atom. The second-order valence-corrected chi connectivity index (χ2v) is 7.14. The molecule has 2 heterocycles. The molecule has 0 aliphatic carbocycles. The molecule has 1 fully saturated rings. The van der Waals surface area contributed by atoms with Crippen molar-refractivity contribution in [3.63, 3.8) is 0 Å². The molecule has 0 spiro atoms. The van der Waals surface area contributed by atoms with Gasteiger partial charge >= 0.3 is 0 Å². The lowest BCUT2D eigenvalue weighted by atomic mass is 9.91. The fraction of sp³-hybridized carbons (Fsp3) is 0.667. The van der Waals surface area contributed by atoms with Gasteiger partial charge in [-0.3, -0.25) is 0 Å². The number of hydrogen-bond acceptors (Lipinski definition) is 3. The van der Waals surface area contributed by atoms with E-state index < -0.39 is 0 Å². The van der Waals surface area contributed by atoms with Crippen LogP contribution in [0.2, 0.25) is 0 Å². The zero-order valence-electron chi connectivity index (χ0n) is 12.8. The molecule has 2 aliphatic heterocycles. The zero-order valence-corrected chi connectivity index (χ0v) is 13.6. The predicted molar refractivity (Wildman–Crippen MR) is 92.8 cm³/mol. The molecule has 0 bridgehead atoms. The molecule has 118 valence electrons. The van der Waals surface area contributed by atoms with E-state index in [1.54, 1.807) is 12.7 Å². The summed E-state index contributed by atoms with van der Waals surface area (Å²) in [6.07, 6.45) is 5.13. The van der Waals surface area contributed by atoms with Crippen LogP contribution in [0.3, 0.4) is 0 Å². The van der Waals surface area contributed by atoms with Crippen molar-refractivity contribution in [1.29, 1.82) is 0 Å². The molecular weight excluding hydrogens is 278 g/mol. The molecule has 1 aromatic rings. The largest absolute Gasteiger partial charge is 0.496 e. The number of likely N-dealkylation sites (tertiary alicyclic amines) is 1. The Balaban J connectivity index is 0.00000161. The number of rotatable bonds is 4. The van der Waals surface area contributed by atoms with E-state index in [1.165, 1.54) is 42.0 Å². The number of thioether (sulfide) groups is 1. The molecule has 0 N–H and O–H groups in total. The van der Waals surface area contributed by atoms with E-state index in [2.05, 4.69) is 31.0 Å². The highest BCUT2D eigenvalue weighted by Gasteiger charge is 2.30. The number of benzene rings is 1. The van der Waals surface area contributed by atoms with Crippen LogP contribution >= 0.6 is 11.8 Å². The standard InChI is InChI=1S/C17H25NOS.CH4/c1-4-12-9-15-13(8-14-6-5-7-18(14)2)11-20-17(15)10-16(12)19-3;/h9-10,13-14H,4-8,11H2,1-3H3;1H4. The molecule has 1 aromatic carbocycles. The lowest BCUT2D eigenvalue weighted by molar-refractivity contribution is 0.286. The van der Waals surface area contributed by atoms with Crippen LogP contribution in [-0.2, 0) is 6.42 Å². The maximum atomic E-state index is 5.53. The Kier molecular flexibility index (Phi) is 5.61. The summed E-state index contributed by atoms with van der Waals surface area (Å²) in [5.74, 6) is 3.05. The second kappa shape index (κ2) is 7.06. The Hall–Kier alpha value is -0.670. The highest BCUT2D eigenvalue weighted by Crippen LogP contribution is 2.45. The van der Waals surface area contributed by atoms with Crippen LogP contribution in [0.25, 0.3) is 0 Å². The molecule has 2 nitrogen and oxygen atoms in total. The monoisotopic (exact) mass is 307 g/mol.